The first-order valence-electron chi connectivity index (χ1n) is 6.42. The quantitative estimate of drug-likeness (QED) is 0.839. The minimum Gasteiger partial charge on any atom is -0.496 e. The van der Waals surface area contributed by atoms with E-state index in [0.29, 0.717) is 5.75 Å². The van der Waals surface area contributed by atoms with Crippen LogP contribution in [0, 0.1) is 12.8 Å². The van der Waals surface area contributed by atoms with Gasteiger partial charge in [0.1, 0.15) is 5.75 Å². The van der Waals surface area contributed by atoms with Gasteiger partial charge in [0, 0.05) is 5.56 Å². The molecule has 0 aliphatic carbocycles. The summed E-state index contributed by atoms with van der Waals surface area (Å²) in [6, 6.07) is 5.72. The smallest absolute Gasteiger partial charge is 0.311 e. The molecule has 1 N–H and O–H groups in total. The van der Waals surface area contributed by atoms with Crippen LogP contribution in [-0.2, 0) is 4.79 Å². The predicted molar refractivity (Wildman–Crippen MR) is 72.2 cm³/mol. The van der Waals surface area contributed by atoms with Gasteiger partial charge in [0.2, 0.25) is 0 Å². The Morgan fingerprint density at radius 1 is 1.33 bits per heavy atom. The normalized spacial score (nSPS) is 12.5. The molecule has 0 aliphatic heterocycles. The second-order valence-corrected chi connectivity index (χ2v) is 4.64. The molecule has 0 saturated heterocycles. The van der Waals surface area contributed by atoms with Gasteiger partial charge in [-0.1, -0.05) is 44.4 Å². The van der Waals surface area contributed by atoms with Crippen LogP contribution in [0.25, 0.3) is 0 Å². The topological polar surface area (TPSA) is 46.5 Å². The number of carboxylic acids is 1. The van der Waals surface area contributed by atoms with E-state index in [1.807, 2.05) is 39.0 Å². The van der Waals surface area contributed by atoms with Crippen LogP contribution in [0.3, 0.4) is 0 Å². The van der Waals surface area contributed by atoms with E-state index in [2.05, 4.69) is 0 Å². The van der Waals surface area contributed by atoms with Crippen LogP contribution in [0.4, 0.5) is 0 Å². The molecular formula is C15H22O3. The molecular weight excluding hydrogens is 228 g/mol. The largest absolute Gasteiger partial charge is 0.496 e. The number of hydrogen-bond donors (Lipinski definition) is 1. The van der Waals surface area contributed by atoms with Gasteiger partial charge in [-0.15, -0.1) is 0 Å². The van der Waals surface area contributed by atoms with Crippen molar-refractivity contribution in [3.63, 3.8) is 0 Å². The Kier molecular flexibility index (Phi) is 5.20. The average molecular weight is 250 g/mol. The van der Waals surface area contributed by atoms with Gasteiger partial charge in [-0.3, -0.25) is 4.79 Å². The van der Waals surface area contributed by atoms with Crippen LogP contribution in [-0.4, -0.2) is 18.2 Å². The number of ether oxygens (including phenoxy) is 1. The van der Waals surface area contributed by atoms with Crippen molar-refractivity contribution in [2.24, 2.45) is 5.92 Å². The van der Waals surface area contributed by atoms with Crippen molar-refractivity contribution in [2.45, 2.75) is 39.5 Å². The number of benzene rings is 1. The Labute approximate surface area is 109 Å². The molecule has 3 heteroatoms. The van der Waals surface area contributed by atoms with Crippen LogP contribution >= 0.6 is 0 Å². The highest BCUT2D eigenvalue weighted by Gasteiger charge is 2.30. The molecule has 3 nitrogen and oxygen atoms in total. The SMILES string of the molecule is CCC(CC)C(C(=O)O)c1cc(C)ccc1OC. The van der Waals surface area contributed by atoms with Crippen LogP contribution < -0.4 is 4.74 Å². The molecule has 1 aromatic rings. The molecule has 1 unspecified atom stereocenters. The Morgan fingerprint density at radius 2 is 1.94 bits per heavy atom. The van der Waals surface area contributed by atoms with Crippen molar-refractivity contribution in [3.05, 3.63) is 29.3 Å². The zero-order valence-electron chi connectivity index (χ0n) is 11.6. The van der Waals surface area contributed by atoms with E-state index in [1.54, 1.807) is 7.11 Å². The first-order valence-corrected chi connectivity index (χ1v) is 6.42. The van der Waals surface area contributed by atoms with Crippen LogP contribution in [0.1, 0.15) is 43.7 Å². The lowest BCUT2D eigenvalue weighted by molar-refractivity contribution is -0.140. The highest BCUT2D eigenvalue weighted by atomic mass is 16.5. The molecule has 1 rings (SSSR count). The molecule has 0 fully saturated rings. The van der Waals surface area contributed by atoms with E-state index in [1.165, 1.54) is 0 Å². The van der Waals surface area contributed by atoms with Crippen molar-refractivity contribution in [3.8, 4) is 5.75 Å². The molecule has 1 aromatic carbocycles. The summed E-state index contributed by atoms with van der Waals surface area (Å²) in [6.45, 7) is 6.04. The second-order valence-electron chi connectivity index (χ2n) is 4.64. The lowest BCUT2D eigenvalue weighted by Gasteiger charge is -2.23. The van der Waals surface area contributed by atoms with Crippen molar-refractivity contribution < 1.29 is 14.6 Å². The first kappa shape index (κ1) is 14.6. The monoisotopic (exact) mass is 250 g/mol. The van der Waals surface area contributed by atoms with Gasteiger partial charge in [0.25, 0.3) is 0 Å². The first-order chi connectivity index (χ1) is 8.54. The van der Waals surface area contributed by atoms with Gasteiger partial charge >= 0.3 is 5.97 Å². The van der Waals surface area contributed by atoms with Gasteiger partial charge in [0.15, 0.2) is 0 Å². The summed E-state index contributed by atoms with van der Waals surface area (Å²) in [5.74, 6) is -0.458. The number of rotatable bonds is 6. The maximum absolute atomic E-state index is 11.6. The number of aliphatic carboxylic acids is 1. The third kappa shape index (κ3) is 3.03. The molecule has 0 amide bonds. The van der Waals surface area contributed by atoms with Crippen molar-refractivity contribution in [1.82, 2.24) is 0 Å². The molecule has 1 atom stereocenters. The molecule has 18 heavy (non-hydrogen) atoms. The molecule has 0 aliphatic rings. The van der Waals surface area contributed by atoms with Crippen molar-refractivity contribution in [2.75, 3.05) is 7.11 Å². The van der Waals surface area contributed by atoms with Gasteiger partial charge in [0.05, 0.1) is 13.0 Å². The lowest BCUT2D eigenvalue weighted by Crippen LogP contribution is -2.21. The van der Waals surface area contributed by atoms with Gasteiger partial charge in [-0.2, -0.15) is 0 Å². The molecule has 100 valence electrons. The van der Waals surface area contributed by atoms with E-state index < -0.39 is 11.9 Å². The van der Waals surface area contributed by atoms with Gasteiger partial charge < -0.3 is 9.84 Å². The summed E-state index contributed by atoms with van der Waals surface area (Å²) in [5.41, 5.74) is 1.85. The minimum atomic E-state index is -0.771. The van der Waals surface area contributed by atoms with E-state index in [-0.39, 0.29) is 5.92 Å². The van der Waals surface area contributed by atoms with Crippen LogP contribution in [0.2, 0.25) is 0 Å². The number of carbonyl (C=O) groups is 1. The van der Waals surface area contributed by atoms with Crippen molar-refractivity contribution >= 4 is 5.97 Å². The highest BCUT2D eigenvalue weighted by molar-refractivity contribution is 5.77. The number of carboxylic acid groups (broad SMARTS) is 1. The maximum Gasteiger partial charge on any atom is 0.311 e. The minimum absolute atomic E-state index is 0.137. The summed E-state index contributed by atoms with van der Waals surface area (Å²) in [6.07, 6.45) is 1.70. The summed E-state index contributed by atoms with van der Waals surface area (Å²) >= 11 is 0. The molecule has 0 bridgehead atoms. The summed E-state index contributed by atoms with van der Waals surface area (Å²) in [5, 5.41) is 9.51. The second kappa shape index (κ2) is 6.43. The van der Waals surface area contributed by atoms with Crippen LogP contribution in [0.15, 0.2) is 18.2 Å². The third-order valence-corrected chi connectivity index (χ3v) is 3.51. The average Bonchev–Trinajstić information content (AvgIpc) is 2.35. The van der Waals surface area contributed by atoms with E-state index in [4.69, 9.17) is 4.74 Å². The number of aryl methyl sites for hydroxylation is 1. The summed E-state index contributed by atoms with van der Waals surface area (Å²) in [4.78, 5) is 11.6. The molecule has 0 spiro atoms. The van der Waals surface area contributed by atoms with Gasteiger partial charge in [-0.05, 0) is 18.9 Å². The Bertz CT molecular complexity index is 408. The van der Waals surface area contributed by atoms with Gasteiger partial charge in [-0.25, -0.2) is 0 Å². The predicted octanol–water partition coefficient (Wildman–Crippen LogP) is 3.61. The molecule has 0 heterocycles. The highest BCUT2D eigenvalue weighted by Crippen LogP contribution is 2.36. The fraction of sp³-hybridized carbons (Fsp3) is 0.533. The Balaban J connectivity index is 3.28. The van der Waals surface area contributed by atoms with Crippen LogP contribution in [0.5, 0.6) is 5.75 Å². The zero-order chi connectivity index (χ0) is 13.7. The maximum atomic E-state index is 11.6. The Morgan fingerprint density at radius 3 is 2.39 bits per heavy atom. The zero-order valence-corrected chi connectivity index (χ0v) is 11.6. The molecule has 0 radical (unpaired) electrons. The van der Waals surface area contributed by atoms with E-state index >= 15 is 0 Å². The fourth-order valence-electron chi connectivity index (χ4n) is 2.45. The summed E-state index contributed by atoms with van der Waals surface area (Å²) < 4.78 is 5.31. The van der Waals surface area contributed by atoms with Crippen molar-refractivity contribution in [1.29, 1.82) is 0 Å². The third-order valence-electron chi connectivity index (χ3n) is 3.51. The van der Waals surface area contributed by atoms with E-state index in [9.17, 15) is 9.90 Å². The summed E-state index contributed by atoms with van der Waals surface area (Å²) in [7, 11) is 1.58. The van der Waals surface area contributed by atoms with E-state index in [0.717, 1.165) is 24.0 Å². The lowest BCUT2D eigenvalue weighted by atomic mass is 9.82. The fourth-order valence-corrected chi connectivity index (χ4v) is 2.45. The standard InChI is InChI=1S/C15H22O3/c1-5-11(6-2)14(15(16)17)12-9-10(3)7-8-13(12)18-4/h7-9,11,14H,5-6H2,1-4H3,(H,16,17). The number of methoxy groups -OCH3 is 1. The molecule has 0 saturated carbocycles. The Hall–Kier alpha value is -1.51. The number of hydrogen-bond acceptors (Lipinski definition) is 2. The molecule has 0 aromatic heterocycles.